The molecule has 0 spiro atoms. The lowest BCUT2D eigenvalue weighted by atomic mass is 10.1. The summed E-state index contributed by atoms with van der Waals surface area (Å²) in [4.78, 5) is 24.1. The fourth-order valence-electron chi connectivity index (χ4n) is 1.72. The highest BCUT2D eigenvalue weighted by Gasteiger charge is 2.18. The topological polar surface area (TPSA) is 69.6 Å². The van der Waals surface area contributed by atoms with Crippen molar-refractivity contribution in [1.82, 2.24) is 10.2 Å². The van der Waals surface area contributed by atoms with Gasteiger partial charge in [0, 0.05) is 31.8 Å². The average Bonchev–Trinajstić information content (AvgIpc) is 2.38. The number of hydrogen-bond acceptors (Lipinski definition) is 3. The van der Waals surface area contributed by atoms with Crippen molar-refractivity contribution in [3.8, 4) is 0 Å². The molecular weight excluding hydrogens is 264 g/mol. The van der Waals surface area contributed by atoms with Crippen molar-refractivity contribution in [2.45, 2.75) is 39.2 Å². The summed E-state index contributed by atoms with van der Waals surface area (Å²) in [5.41, 5.74) is 0. The van der Waals surface area contributed by atoms with E-state index in [-0.39, 0.29) is 24.4 Å². The molecule has 0 saturated heterocycles. The van der Waals surface area contributed by atoms with Crippen molar-refractivity contribution in [3.05, 3.63) is 0 Å². The van der Waals surface area contributed by atoms with E-state index in [2.05, 4.69) is 12.2 Å². The molecule has 5 nitrogen and oxygen atoms in total. The number of carbonyl (C=O) groups is 2. The van der Waals surface area contributed by atoms with Crippen LogP contribution in [0.15, 0.2) is 0 Å². The monoisotopic (exact) mass is 290 g/mol. The van der Waals surface area contributed by atoms with E-state index >= 15 is 0 Å². The normalized spacial score (nSPS) is 13.7. The van der Waals surface area contributed by atoms with E-state index in [0.29, 0.717) is 13.0 Å². The molecule has 0 aromatic carbocycles. The van der Waals surface area contributed by atoms with Gasteiger partial charge < -0.3 is 15.3 Å². The van der Waals surface area contributed by atoms with Crippen LogP contribution >= 0.6 is 11.8 Å². The predicted molar refractivity (Wildman–Crippen MR) is 79.7 cm³/mol. The fraction of sp³-hybridized carbons (Fsp3) is 0.846. The highest BCUT2D eigenvalue weighted by atomic mass is 32.2. The van der Waals surface area contributed by atoms with Crippen LogP contribution < -0.4 is 5.32 Å². The van der Waals surface area contributed by atoms with Gasteiger partial charge in [0.15, 0.2) is 0 Å². The molecule has 0 saturated carbocycles. The van der Waals surface area contributed by atoms with Gasteiger partial charge in [-0.15, -0.1) is 0 Å². The predicted octanol–water partition coefficient (Wildman–Crippen LogP) is 2.27. The Morgan fingerprint density at radius 3 is 2.53 bits per heavy atom. The highest BCUT2D eigenvalue weighted by Crippen LogP contribution is 2.09. The molecule has 0 fully saturated rings. The van der Waals surface area contributed by atoms with Crippen LogP contribution in [-0.4, -0.2) is 53.6 Å². The summed E-state index contributed by atoms with van der Waals surface area (Å²) in [7, 11) is 1.81. The van der Waals surface area contributed by atoms with Crippen LogP contribution in [0.4, 0.5) is 4.79 Å². The van der Waals surface area contributed by atoms with Crippen LogP contribution in [0.2, 0.25) is 0 Å². The maximum Gasteiger partial charge on any atom is 0.317 e. The SMILES string of the molecule is CCC(CSC)N(C)C(=O)NCC(C)CCC(=O)O. The molecule has 2 unspecified atom stereocenters. The summed E-state index contributed by atoms with van der Waals surface area (Å²) in [5.74, 6) is 0.310. The molecule has 0 radical (unpaired) electrons. The molecule has 0 aromatic rings. The van der Waals surface area contributed by atoms with Crippen LogP contribution in [-0.2, 0) is 4.79 Å². The molecule has 112 valence electrons. The molecule has 2 atom stereocenters. The van der Waals surface area contributed by atoms with E-state index in [1.807, 2.05) is 20.2 Å². The van der Waals surface area contributed by atoms with Crippen molar-refractivity contribution in [2.75, 3.05) is 25.6 Å². The molecule has 0 bridgehead atoms. The van der Waals surface area contributed by atoms with Gasteiger partial charge in [-0.1, -0.05) is 13.8 Å². The summed E-state index contributed by atoms with van der Waals surface area (Å²) in [6, 6.07) is 0.160. The Kier molecular flexibility index (Phi) is 9.47. The Hall–Kier alpha value is -0.910. The van der Waals surface area contributed by atoms with Crippen LogP contribution in [0.3, 0.4) is 0 Å². The number of aliphatic carboxylic acids is 1. The first-order valence-electron chi connectivity index (χ1n) is 6.63. The minimum atomic E-state index is -0.790. The van der Waals surface area contributed by atoms with Gasteiger partial charge in [-0.05, 0) is 25.0 Å². The number of amides is 2. The first kappa shape index (κ1) is 18.1. The molecular formula is C13H26N2O3S. The summed E-state index contributed by atoms with van der Waals surface area (Å²) in [5, 5.41) is 11.5. The zero-order chi connectivity index (χ0) is 14.8. The zero-order valence-corrected chi connectivity index (χ0v) is 13.1. The second-order valence-electron chi connectivity index (χ2n) is 4.85. The number of thioether (sulfide) groups is 1. The Morgan fingerprint density at radius 2 is 2.05 bits per heavy atom. The Morgan fingerprint density at radius 1 is 1.42 bits per heavy atom. The lowest BCUT2D eigenvalue weighted by Gasteiger charge is -2.27. The second kappa shape index (κ2) is 9.95. The van der Waals surface area contributed by atoms with Gasteiger partial charge in [0.25, 0.3) is 0 Å². The van der Waals surface area contributed by atoms with E-state index in [0.717, 1.165) is 12.2 Å². The summed E-state index contributed by atoms with van der Waals surface area (Å²) in [6.45, 7) is 4.54. The molecule has 0 aliphatic heterocycles. The minimum Gasteiger partial charge on any atom is -0.481 e. The van der Waals surface area contributed by atoms with E-state index in [1.54, 1.807) is 16.7 Å². The molecule has 0 aliphatic rings. The van der Waals surface area contributed by atoms with Crippen molar-refractivity contribution in [2.24, 2.45) is 5.92 Å². The maximum absolute atomic E-state index is 12.0. The third-order valence-electron chi connectivity index (χ3n) is 3.15. The van der Waals surface area contributed by atoms with Gasteiger partial charge in [0.1, 0.15) is 0 Å². The molecule has 0 aliphatic carbocycles. The Bertz CT molecular complexity index is 287. The number of carboxylic acid groups (broad SMARTS) is 1. The molecule has 6 heteroatoms. The average molecular weight is 290 g/mol. The zero-order valence-electron chi connectivity index (χ0n) is 12.3. The van der Waals surface area contributed by atoms with Crippen LogP contribution in [0, 0.1) is 5.92 Å². The maximum atomic E-state index is 12.0. The molecule has 0 rings (SSSR count). The van der Waals surface area contributed by atoms with E-state index in [9.17, 15) is 9.59 Å². The number of nitrogens with zero attached hydrogens (tertiary/aromatic N) is 1. The minimum absolute atomic E-state index is 0.0805. The first-order chi connectivity index (χ1) is 8.92. The first-order valence-corrected chi connectivity index (χ1v) is 8.03. The highest BCUT2D eigenvalue weighted by molar-refractivity contribution is 7.98. The van der Waals surface area contributed by atoms with Gasteiger partial charge in [-0.25, -0.2) is 4.79 Å². The number of hydrogen-bond donors (Lipinski definition) is 2. The second-order valence-corrected chi connectivity index (χ2v) is 5.76. The Balaban J connectivity index is 4.04. The third kappa shape index (κ3) is 7.97. The third-order valence-corrected chi connectivity index (χ3v) is 3.87. The van der Waals surface area contributed by atoms with E-state index in [1.165, 1.54) is 0 Å². The molecule has 0 aromatic heterocycles. The fourth-order valence-corrected chi connectivity index (χ4v) is 2.56. The van der Waals surface area contributed by atoms with Gasteiger partial charge >= 0.3 is 12.0 Å². The van der Waals surface area contributed by atoms with E-state index in [4.69, 9.17) is 5.11 Å². The van der Waals surface area contributed by atoms with Crippen molar-refractivity contribution in [3.63, 3.8) is 0 Å². The van der Waals surface area contributed by atoms with Crippen molar-refractivity contribution >= 4 is 23.8 Å². The van der Waals surface area contributed by atoms with Gasteiger partial charge in [0.2, 0.25) is 0 Å². The molecule has 0 heterocycles. The van der Waals surface area contributed by atoms with Crippen LogP contribution in [0.1, 0.15) is 33.1 Å². The smallest absolute Gasteiger partial charge is 0.317 e. The van der Waals surface area contributed by atoms with Crippen LogP contribution in [0.5, 0.6) is 0 Å². The largest absolute Gasteiger partial charge is 0.481 e. The van der Waals surface area contributed by atoms with E-state index < -0.39 is 5.97 Å². The quantitative estimate of drug-likeness (QED) is 0.683. The summed E-state index contributed by atoms with van der Waals surface area (Å²) >= 11 is 1.73. The number of carbonyl (C=O) groups excluding carboxylic acids is 1. The van der Waals surface area contributed by atoms with Crippen molar-refractivity contribution in [1.29, 1.82) is 0 Å². The molecule has 2 N–H and O–H groups in total. The summed E-state index contributed by atoms with van der Waals surface area (Å²) < 4.78 is 0. The molecule has 19 heavy (non-hydrogen) atoms. The number of nitrogens with one attached hydrogen (secondary N) is 1. The number of urea groups is 1. The standard InChI is InChI=1S/C13H26N2O3S/c1-5-11(9-19-4)15(3)13(18)14-8-10(2)6-7-12(16)17/h10-11H,5-9H2,1-4H3,(H,14,18)(H,16,17). The van der Waals surface area contributed by atoms with Gasteiger partial charge in [-0.3, -0.25) is 4.79 Å². The van der Waals surface area contributed by atoms with Gasteiger partial charge in [-0.2, -0.15) is 11.8 Å². The van der Waals surface area contributed by atoms with Crippen molar-refractivity contribution < 1.29 is 14.7 Å². The number of rotatable bonds is 9. The van der Waals surface area contributed by atoms with Crippen LogP contribution in [0.25, 0.3) is 0 Å². The Labute approximate surface area is 120 Å². The summed E-state index contributed by atoms with van der Waals surface area (Å²) in [6.07, 6.45) is 3.69. The lowest BCUT2D eigenvalue weighted by Crippen LogP contribution is -2.45. The lowest BCUT2D eigenvalue weighted by molar-refractivity contribution is -0.137. The number of carboxylic acids is 1. The van der Waals surface area contributed by atoms with Gasteiger partial charge in [0.05, 0.1) is 0 Å². The molecule has 2 amide bonds.